The lowest BCUT2D eigenvalue weighted by molar-refractivity contribution is 0.884. The van der Waals surface area contributed by atoms with Gasteiger partial charge in [-0.2, -0.15) is 0 Å². The lowest BCUT2D eigenvalue weighted by atomic mass is 10.2. The molecular formula is C21H16Cl2N4S. The first kappa shape index (κ1) is 19.0. The van der Waals surface area contributed by atoms with Crippen LogP contribution in [-0.2, 0) is 5.75 Å². The minimum atomic E-state index is 0.588. The summed E-state index contributed by atoms with van der Waals surface area (Å²) in [6, 6.07) is 19.5. The van der Waals surface area contributed by atoms with Crippen LogP contribution >= 0.6 is 35.0 Å². The molecule has 28 heavy (non-hydrogen) atoms. The van der Waals surface area contributed by atoms with E-state index in [1.54, 1.807) is 6.20 Å². The minimum absolute atomic E-state index is 0.588. The van der Waals surface area contributed by atoms with E-state index in [9.17, 15) is 0 Å². The molecule has 7 heteroatoms. The van der Waals surface area contributed by atoms with Crippen molar-refractivity contribution >= 4 is 35.0 Å². The summed E-state index contributed by atoms with van der Waals surface area (Å²) < 4.78 is 2.01. The predicted octanol–water partition coefficient (Wildman–Crippen LogP) is 6.24. The summed E-state index contributed by atoms with van der Waals surface area (Å²) in [6.07, 6.45) is 1.75. The largest absolute Gasteiger partial charge is 0.269 e. The molecule has 140 valence electrons. The van der Waals surface area contributed by atoms with Gasteiger partial charge in [0.1, 0.15) is 5.69 Å². The van der Waals surface area contributed by atoms with E-state index in [2.05, 4.69) is 46.4 Å². The second-order valence-corrected chi connectivity index (χ2v) is 7.94. The van der Waals surface area contributed by atoms with Crippen LogP contribution < -0.4 is 0 Å². The number of hydrogen-bond donors (Lipinski definition) is 0. The Morgan fingerprint density at radius 1 is 0.893 bits per heavy atom. The number of halogens is 2. The molecule has 0 bridgehead atoms. The number of aryl methyl sites for hydroxylation is 1. The zero-order valence-corrected chi connectivity index (χ0v) is 17.3. The Kier molecular flexibility index (Phi) is 5.67. The van der Waals surface area contributed by atoms with Gasteiger partial charge in [0.25, 0.3) is 0 Å². The van der Waals surface area contributed by atoms with E-state index >= 15 is 0 Å². The topological polar surface area (TPSA) is 43.6 Å². The average Bonchev–Trinajstić information content (AvgIpc) is 3.13. The van der Waals surface area contributed by atoms with Crippen molar-refractivity contribution in [3.63, 3.8) is 0 Å². The molecule has 0 atom stereocenters. The van der Waals surface area contributed by atoms with Gasteiger partial charge >= 0.3 is 0 Å². The van der Waals surface area contributed by atoms with E-state index in [-0.39, 0.29) is 0 Å². The fourth-order valence-electron chi connectivity index (χ4n) is 2.76. The number of thioether (sulfide) groups is 1. The van der Waals surface area contributed by atoms with Gasteiger partial charge in [-0.1, -0.05) is 64.8 Å². The van der Waals surface area contributed by atoms with Gasteiger partial charge in [-0.15, -0.1) is 10.2 Å². The van der Waals surface area contributed by atoms with Crippen molar-refractivity contribution in [1.29, 1.82) is 0 Å². The van der Waals surface area contributed by atoms with Crippen molar-refractivity contribution in [1.82, 2.24) is 19.7 Å². The van der Waals surface area contributed by atoms with Crippen molar-refractivity contribution in [2.75, 3.05) is 0 Å². The van der Waals surface area contributed by atoms with E-state index in [1.807, 2.05) is 41.0 Å². The highest BCUT2D eigenvalue weighted by Gasteiger charge is 2.18. The first-order chi connectivity index (χ1) is 13.6. The van der Waals surface area contributed by atoms with Gasteiger partial charge in [0.2, 0.25) is 0 Å². The van der Waals surface area contributed by atoms with Crippen molar-refractivity contribution in [3.05, 3.63) is 88.0 Å². The molecule has 0 spiro atoms. The van der Waals surface area contributed by atoms with E-state index < -0.39 is 0 Å². The summed E-state index contributed by atoms with van der Waals surface area (Å²) in [5.74, 6) is 1.28. The van der Waals surface area contributed by atoms with Crippen molar-refractivity contribution in [2.24, 2.45) is 0 Å². The molecule has 0 unspecified atom stereocenters. The zero-order chi connectivity index (χ0) is 19.5. The Balaban J connectivity index is 1.75. The minimum Gasteiger partial charge on any atom is -0.269 e. The maximum atomic E-state index is 6.32. The molecule has 0 N–H and O–H groups in total. The molecule has 4 rings (SSSR count). The Hall–Kier alpha value is -2.34. The van der Waals surface area contributed by atoms with Crippen LogP contribution in [0.1, 0.15) is 11.1 Å². The maximum absolute atomic E-state index is 6.32. The molecule has 0 saturated heterocycles. The quantitative estimate of drug-likeness (QED) is 0.354. The highest BCUT2D eigenvalue weighted by Crippen LogP contribution is 2.33. The van der Waals surface area contributed by atoms with Gasteiger partial charge in [0, 0.05) is 27.7 Å². The summed E-state index contributed by atoms with van der Waals surface area (Å²) >= 11 is 14.2. The monoisotopic (exact) mass is 426 g/mol. The van der Waals surface area contributed by atoms with Crippen molar-refractivity contribution in [2.45, 2.75) is 17.8 Å². The van der Waals surface area contributed by atoms with Gasteiger partial charge < -0.3 is 0 Å². The van der Waals surface area contributed by atoms with Crippen LogP contribution in [0.2, 0.25) is 10.0 Å². The fraction of sp³-hybridized carbons (Fsp3) is 0.0952. The first-order valence-electron chi connectivity index (χ1n) is 8.63. The predicted molar refractivity (Wildman–Crippen MR) is 115 cm³/mol. The zero-order valence-electron chi connectivity index (χ0n) is 15.0. The summed E-state index contributed by atoms with van der Waals surface area (Å²) in [5.41, 5.74) is 3.81. The van der Waals surface area contributed by atoms with Gasteiger partial charge in [-0.3, -0.25) is 9.55 Å². The molecule has 4 nitrogen and oxygen atoms in total. The normalized spacial score (nSPS) is 11.0. The first-order valence-corrected chi connectivity index (χ1v) is 10.4. The average molecular weight is 427 g/mol. The van der Waals surface area contributed by atoms with Crippen LogP contribution in [-0.4, -0.2) is 19.7 Å². The Morgan fingerprint density at radius 2 is 1.64 bits per heavy atom. The van der Waals surface area contributed by atoms with Crippen LogP contribution in [0.15, 0.2) is 72.0 Å². The molecule has 0 amide bonds. The Bertz CT molecular complexity index is 1080. The SMILES string of the molecule is Cc1ccc(-n2c(SCc3c(Cl)cccc3Cl)nnc2-c2ccccn2)cc1. The van der Waals surface area contributed by atoms with Gasteiger partial charge in [-0.05, 0) is 48.9 Å². The van der Waals surface area contributed by atoms with E-state index in [0.29, 0.717) is 21.6 Å². The van der Waals surface area contributed by atoms with Crippen LogP contribution in [0.4, 0.5) is 0 Å². The second-order valence-electron chi connectivity index (χ2n) is 6.18. The van der Waals surface area contributed by atoms with Crippen LogP contribution in [0.5, 0.6) is 0 Å². The summed E-state index contributed by atoms with van der Waals surface area (Å²) in [5, 5.41) is 10.9. The third-order valence-electron chi connectivity index (χ3n) is 4.23. The Morgan fingerprint density at radius 3 is 2.32 bits per heavy atom. The van der Waals surface area contributed by atoms with Gasteiger partial charge in [0.15, 0.2) is 11.0 Å². The van der Waals surface area contributed by atoms with E-state index in [1.165, 1.54) is 17.3 Å². The molecule has 0 aliphatic carbocycles. The third-order valence-corrected chi connectivity index (χ3v) is 5.89. The maximum Gasteiger partial charge on any atom is 0.196 e. The number of rotatable bonds is 5. The molecule has 0 fully saturated rings. The molecular weight excluding hydrogens is 411 g/mol. The molecule has 2 aromatic carbocycles. The molecule has 4 aromatic rings. The smallest absolute Gasteiger partial charge is 0.196 e. The van der Waals surface area contributed by atoms with E-state index in [4.69, 9.17) is 23.2 Å². The van der Waals surface area contributed by atoms with Crippen LogP contribution in [0.25, 0.3) is 17.2 Å². The summed E-state index contributed by atoms with van der Waals surface area (Å²) in [4.78, 5) is 4.44. The standard InChI is InChI=1S/C21H16Cl2N4S/c1-14-8-10-15(11-9-14)27-20(19-7-2-3-12-24-19)25-26-21(27)28-13-16-17(22)5-4-6-18(16)23/h2-12H,13H2,1H3. The third kappa shape index (κ3) is 3.92. The Labute approximate surface area is 177 Å². The van der Waals surface area contributed by atoms with Gasteiger partial charge in [0.05, 0.1) is 0 Å². The summed E-state index contributed by atoms with van der Waals surface area (Å²) in [7, 11) is 0. The lowest BCUT2D eigenvalue weighted by Gasteiger charge is -2.11. The van der Waals surface area contributed by atoms with Crippen LogP contribution in [0, 0.1) is 6.92 Å². The number of pyridine rings is 1. The molecule has 2 aromatic heterocycles. The molecule has 0 saturated carbocycles. The van der Waals surface area contributed by atoms with E-state index in [0.717, 1.165) is 22.1 Å². The van der Waals surface area contributed by atoms with Crippen LogP contribution in [0.3, 0.4) is 0 Å². The highest BCUT2D eigenvalue weighted by atomic mass is 35.5. The van der Waals surface area contributed by atoms with Crippen molar-refractivity contribution < 1.29 is 0 Å². The number of nitrogens with zero attached hydrogens (tertiary/aromatic N) is 4. The second kappa shape index (κ2) is 8.35. The molecule has 2 heterocycles. The number of aromatic nitrogens is 4. The molecule has 0 aliphatic rings. The molecule has 0 aliphatic heterocycles. The molecule has 0 radical (unpaired) electrons. The van der Waals surface area contributed by atoms with Gasteiger partial charge in [-0.25, -0.2) is 0 Å². The highest BCUT2D eigenvalue weighted by molar-refractivity contribution is 7.98. The van der Waals surface area contributed by atoms with Crippen molar-refractivity contribution in [3.8, 4) is 17.2 Å². The summed E-state index contributed by atoms with van der Waals surface area (Å²) in [6.45, 7) is 2.06. The lowest BCUT2D eigenvalue weighted by Crippen LogP contribution is -2.01. The number of benzene rings is 2. The number of hydrogen-bond acceptors (Lipinski definition) is 4. The fourth-order valence-corrected chi connectivity index (χ4v) is 4.45.